The molecule has 1 heterocycles. The Morgan fingerprint density at radius 1 is 1.44 bits per heavy atom. The van der Waals surface area contributed by atoms with E-state index in [4.69, 9.17) is 5.73 Å². The van der Waals surface area contributed by atoms with Crippen molar-refractivity contribution in [2.45, 2.75) is 19.4 Å². The highest BCUT2D eigenvalue weighted by Crippen LogP contribution is 2.12. The Labute approximate surface area is 57.0 Å². The van der Waals surface area contributed by atoms with Gasteiger partial charge in [-0.25, -0.2) is 0 Å². The molecule has 0 radical (unpaired) electrons. The third-order valence-electron chi connectivity index (χ3n) is 1.87. The van der Waals surface area contributed by atoms with E-state index in [2.05, 4.69) is 18.9 Å². The number of likely N-dealkylation sites (tertiary alicyclic amines) is 1. The average molecular weight is 128 g/mol. The van der Waals surface area contributed by atoms with Crippen molar-refractivity contribution in [1.82, 2.24) is 4.90 Å². The van der Waals surface area contributed by atoms with Gasteiger partial charge in [0.25, 0.3) is 0 Å². The van der Waals surface area contributed by atoms with E-state index in [0.29, 0.717) is 6.04 Å². The molecular weight excluding hydrogens is 112 g/mol. The molecule has 0 aromatic heterocycles. The second-order valence-electron chi connectivity index (χ2n) is 3.32. The Morgan fingerprint density at radius 3 is 2.56 bits per heavy atom. The normalized spacial score (nSPS) is 39.0. The molecule has 1 saturated heterocycles. The highest BCUT2D eigenvalue weighted by molar-refractivity contribution is 4.76. The zero-order chi connectivity index (χ0) is 6.85. The molecule has 2 heteroatoms. The van der Waals surface area contributed by atoms with Gasteiger partial charge in [0, 0.05) is 19.1 Å². The van der Waals surface area contributed by atoms with Gasteiger partial charge in [-0.3, -0.25) is 0 Å². The van der Waals surface area contributed by atoms with Gasteiger partial charge >= 0.3 is 0 Å². The summed E-state index contributed by atoms with van der Waals surface area (Å²) in [5, 5.41) is 0. The summed E-state index contributed by atoms with van der Waals surface area (Å²) < 4.78 is 0. The molecule has 0 aliphatic carbocycles. The minimum absolute atomic E-state index is 0.416. The van der Waals surface area contributed by atoms with Gasteiger partial charge in [0.05, 0.1) is 0 Å². The standard InChI is InChI=1S/C7H16N2/c1-6-3-7(8)5-9(2)4-6/h6-7H,3-5,8H2,1-2H3. The van der Waals surface area contributed by atoms with Gasteiger partial charge in [0.15, 0.2) is 0 Å². The van der Waals surface area contributed by atoms with E-state index in [1.165, 1.54) is 13.0 Å². The van der Waals surface area contributed by atoms with Gasteiger partial charge in [-0.05, 0) is 19.4 Å². The Kier molecular flexibility index (Phi) is 2.09. The SMILES string of the molecule is CC1CC(N)CN(C)C1. The summed E-state index contributed by atoms with van der Waals surface area (Å²) in [5.74, 6) is 0.791. The summed E-state index contributed by atoms with van der Waals surface area (Å²) in [6.07, 6.45) is 1.20. The molecule has 1 aliphatic heterocycles. The van der Waals surface area contributed by atoms with Crippen LogP contribution in [0.3, 0.4) is 0 Å². The Balaban J connectivity index is 2.34. The van der Waals surface area contributed by atoms with Crippen molar-refractivity contribution in [2.24, 2.45) is 11.7 Å². The molecule has 2 unspecified atom stereocenters. The van der Waals surface area contributed by atoms with Crippen LogP contribution in [-0.2, 0) is 0 Å². The van der Waals surface area contributed by atoms with Crippen LogP contribution in [0.5, 0.6) is 0 Å². The summed E-state index contributed by atoms with van der Waals surface area (Å²) in [4.78, 5) is 2.30. The van der Waals surface area contributed by atoms with E-state index in [-0.39, 0.29) is 0 Å². The lowest BCUT2D eigenvalue weighted by atomic mass is 9.97. The lowest BCUT2D eigenvalue weighted by Crippen LogP contribution is -2.44. The highest BCUT2D eigenvalue weighted by atomic mass is 15.1. The molecule has 0 spiro atoms. The number of nitrogens with zero attached hydrogens (tertiary/aromatic N) is 1. The zero-order valence-electron chi connectivity index (χ0n) is 6.30. The fourth-order valence-corrected chi connectivity index (χ4v) is 1.67. The fourth-order valence-electron chi connectivity index (χ4n) is 1.67. The molecule has 9 heavy (non-hydrogen) atoms. The molecule has 54 valence electrons. The van der Waals surface area contributed by atoms with E-state index in [1.807, 2.05) is 0 Å². The van der Waals surface area contributed by atoms with Crippen LogP contribution in [-0.4, -0.2) is 31.1 Å². The van der Waals surface area contributed by atoms with Gasteiger partial charge < -0.3 is 10.6 Å². The predicted octanol–water partition coefficient (Wildman–Crippen LogP) is 0.285. The number of rotatable bonds is 0. The van der Waals surface area contributed by atoms with Crippen LogP contribution in [0.25, 0.3) is 0 Å². The third kappa shape index (κ3) is 1.95. The van der Waals surface area contributed by atoms with Crippen molar-refractivity contribution in [3.63, 3.8) is 0 Å². The molecule has 2 nitrogen and oxygen atoms in total. The van der Waals surface area contributed by atoms with Crippen molar-refractivity contribution in [1.29, 1.82) is 0 Å². The lowest BCUT2D eigenvalue weighted by Gasteiger charge is -2.31. The summed E-state index contributed by atoms with van der Waals surface area (Å²) in [7, 11) is 2.13. The smallest absolute Gasteiger partial charge is 0.0170 e. The summed E-state index contributed by atoms with van der Waals surface area (Å²) >= 11 is 0. The summed E-state index contributed by atoms with van der Waals surface area (Å²) in [6.45, 7) is 4.55. The molecule has 0 aromatic rings. The molecule has 0 aromatic carbocycles. The molecule has 0 amide bonds. The van der Waals surface area contributed by atoms with Crippen molar-refractivity contribution in [3.8, 4) is 0 Å². The first kappa shape index (κ1) is 7.03. The monoisotopic (exact) mass is 128 g/mol. The molecule has 1 fully saturated rings. The lowest BCUT2D eigenvalue weighted by molar-refractivity contribution is 0.199. The van der Waals surface area contributed by atoms with Gasteiger partial charge in [-0.1, -0.05) is 6.92 Å². The first-order valence-electron chi connectivity index (χ1n) is 3.62. The topological polar surface area (TPSA) is 29.3 Å². The van der Waals surface area contributed by atoms with Crippen LogP contribution < -0.4 is 5.73 Å². The van der Waals surface area contributed by atoms with Crippen molar-refractivity contribution < 1.29 is 0 Å². The predicted molar refractivity (Wildman–Crippen MR) is 39.3 cm³/mol. The molecular formula is C7H16N2. The number of nitrogens with two attached hydrogens (primary N) is 1. The van der Waals surface area contributed by atoms with E-state index < -0.39 is 0 Å². The van der Waals surface area contributed by atoms with Gasteiger partial charge in [0.2, 0.25) is 0 Å². The minimum atomic E-state index is 0.416. The van der Waals surface area contributed by atoms with Gasteiger partial charge in [-0.2, -0.15) is 0 Å². The van der Waals surface area contributed by atoms with E-state index >= 15 is 0 Å². The Bertz CT molecular complexity index is 67.9. The molecule has 0 bridgehead atoms. The van der Waals surface area contributed by atoms with Crippen LogP contribution in [0.15, 0.2) is 0 Å². The van der Waals surface area contributed by atoms with E-state index in [1.54, 1.807) is 0 Å². The molecule has 2 atom stereocenters. The van der Waals surface area contributed by atoms with Crippen LogP contribution >= 0.6 is 0 Å². The molecule has 0 saturated carbocycles. The summed E-state index contributed by atoms with van der Waals surface area (Å²) in [6, 6.07) is 0.416. The maximum atomic E-state index is 5.77. The largest absolute Gasteiger partial charge is 0.327 e. The second kappa shape index (κ2) is 2.67. The highest BCUT2D eigenvalue weighted by Gasteiger charge is 2.18. The molecule has 2 N–H and O–H groups in total. The minimum Gasteiger partial charge on any atom is -0.327 e. The van der Waals surface area contributed by atoms with E-state index in [9.17, 15) is 0 Å². The first-order chi connectivity index (χ1) is 4.18. The number of likely N-dealkylation sites (N-methyl/N-ethyl adjacent to an activating group) is 1. The number of hydrogen-bond acceptors (Lipinski definition) is 2. The second-order valence-corrected chi connectivity index (χ2v) is 3.32. The van der Waals surface area contributed by atoms with Crippen LogP contribution in [0.4, 0.5) is 0 Å². The van der Waals surface area contributed by atoms with Crippen molar-refractivity contribution in [2.75, 3.05) is 20.1 Å². The first-order valence-corrected chi connectivity index (χ1v) is 3.62. The average Bonchev–Trinajstić information content (AvgIpc) is 1.59. The van der Waals surface area contributed by atoms with Crippen molar-refractivity contribution >= 4 is 0 Å². The van der Waals surface area contributed by atoms with Gasteiger partial charge in [-0.15, -0.1) is 0 Å². The van der Waals surface area contributed by atoms with Gasteiger partial charge in [0.1, 0.15) is 0 Å². The van der Waals surface area contributed by atoms with Crippen molar-refractivity contribution in [3.05, 3.63) is 0 Å². The zero-order valence-corrected chi connectivity index (χ0v) is 6.30. The fraction of sp³-hybridized carbons (Fsp3) is 1.00. The van der Waals surface area contributed by atoms with Crippen LogP contribution in [0, 0.1) is 5.92 Å². The summed E-state index contributed by atoms with van der Waals surface area (Å²) in [5.41, 5.74) is 5.77. The Hall–Kier alpha value is -0.0800. The molecule has 1 aliphatic rings. The number of hydrogen-bond donors (Lipinski definition) is 1. The maximum absolute atomic E-state index is 5.77. The maximum Gasteiger partial charge on any atom is 0.0170 e. The van der Waals surface area contributed by atoms with Crippen LogP contribution in [0.2, 0.25) is 0 Å². The quantitative estimate of drug-likeness (QED) is 0.508. The van der Waals surface area contributed by atoms with Crippen LogP contribution in [0.1, 0.15) is 13.3 Å². The Morgan fingerprint density at radius 2 is 2.11 bits per heavy atom. The van der Waals surface area contributed by atoms with E-state index in [0.717, 1.165) is 12.5 Å². The molecule has 1 rings (SSSR count). The number of piperidine rings is 1. The third-order valence-corrected chi connectivity index (χ3v) is 1.87.